The van der Waals surface area contributed by atoms with Gasteiger partial charge in [-0.3, -0.25) is 9.79 Å². The van der Waals surface area contributed by atoms with Gasteiger partial charge in [0.1, 0.15) is 17.5 Å². The Balaban J connectivity index is 1.57. The van der Waals surface area contributed by atoms with E-state index in [2.05, 4.69) is 32.8 Å². The van der Waals surface area contributed by atoms with Crippen molar-refractivity contribution in [3.63, 3.8) is 0 Å². The summed E-state index contributed by atoms with van der Waals surface area (Å²) >= 11 is 0. The van der Waals surface area contributed by atoms with Gasteiger partial charge in [0.05, 0.1) is 17.4 Å². The Morgan fingerprint density at radius 3 is 2.84 bits per heavy atom. The van der Waals surface area contributed by atoms with E-state index in [1.165, 1.54) is 5.01 Å². The van der Waals surface area contributed by atoms with Gasteiger partial charge in [0.25, 0.3) is 5.91 Å². The number of carbonyl (C=O) groups excluding carboxylic acids is 1. The predicted octanol–water partition coefficient (Wildman–Crippen LogP) is 2.64. The number of aliphatic imine (C=N–C) groups is 1. The fourth-order valence-corrected chi connectivity index (χ4v) is 3.58. The first kappa shape index (κ1) is 21.0. The molecule has 0 spiro atoms. The van der Waals surface area contributed by atoms with Gasteiger partial charge in [0.15, 0.2) is 5.84 Å². The van der Waals surface area contributed by atoms with E-state index >= 15 is 0 Å². The lowest BCUT2D eigenvalue weighted by atomic mass is 10.1. The van der Waals surface area contributed by atoms with Crippen LogP contribution in [0.3, 0.4) is 0 Å². The average molecular weight is 424 g/mol. The van der Waals surface area contributed by atoms with Crippen LogP contribution < -0.4 is 16.0 Å². The molecule has 1 atom stereocenters. The first-order valence-electron chi connectivity index (χ1n) is 10.7. The van der Waals surface area contributed by atoms with Crippen molar-refractivity contribution in [2.75, 3.05) is 19.0 Å². The van der Waals surface area contributed by atoms with Crippen LogP contribution in [0.5, 0.6) is 0 Å². The number of ether oxygens (including phenoxy) is 1. The molecule has 3 aliphatic rings. The molecule has 0 bridgehead atoms. The Morgan fingerprint density at radius 1 is 1.32 bits per heavy atom. The highest BCUT2D eigenvalue weighted by Crippen LogP contribution is 2.27. The van der Waals surface area contributed by atoms with E-state index in [9.17, 15) is 4.79 Å². The van der Waals surface area contributed by atoms with Crippen molar-refractivity contribution in [3.05, 3.63) is 47.2 Å². The summed E-state index contributed by atoms with van der Waals surface area (Å²) in [5, 5.41) is 15.1. The van der Waals surface area contributed by atoms with Crippen LogP contribution in [0.15, 0.2) is 51.6 Å². The van der Waals surface area contributed by atoms with Crippen molar-refractivity contribution >= 4 is 24.3 Å². The molecule has 3 N–H and O–H groups in total. The van der Waals surface area contributed by atoms with E-state index in [-0.39, 0.29) is 18.1 Å². The van der Waals surface area contributed by atoms with Gasteiger partial charge in [-0.15, -0.1) is 0 Å². The van der Waals surface area contributed by atoms with Crippen molar-refractivity contribution in [1.82, 2.24) is 20.6 Å². The van der Waals surface area contributed by atoms with Crippen LogP contribution in [-0.2, 0) is 9.53 Å². The lowest BCUT2D eigenvalue weighted by Crippen LogP contribution is -2.41. The molecule has 0 unspecified atom stereocenters. The smallest absolute Gasteiger partial charge is 0.250 e. The van der Waals surface area contributed by atoms with Crippen LogP contribution in [0.25, 0.3) is 0 Å². The van der Waals surface area contributed by atoms with Crippen LogP contribution >= 0.6 is 0 Å². The molecule has 1 saturated heterocycles. The summed E-state index contributed by atoms with van der Waals surface area (Å²) in [6.07, 6.45) is 7.09. The molecule has 0 radical (unpaired) electrons. The number of carbonyl (C=O) groups is 1. The summed E-state index contributed by atoms with van der Waals surface area (Å²) in [6.45, 7) is 6.16. The number of anilines is 1. The summed E-state index contributed by atoms with van der Waals surface area (Å²) in [6, 6.07) is 6.11. The van der Waals surface area contributed by atoms with Gasteiger partial charge in [0.2, 0.25) is 0 Å². The fraction of sp³-hybridized carbons (Fsp3) is 0.455. The molecule has 164 valence electrons. The highest BCUT2D eigenvalue weighted by molar-refractivity contribution is 5.99. The minimum absolute atomic E-state index is 0.0286. The molecule has 1 amide bonds. The zero-order valence-electron chi connectivity index (χ0n) is 18.0. The molecule has 0 aromatic carbocycles. The van der Waals surface area contributed by atoms with Gasteiger partial charge in [-0.2, -0.15) is 10.1 Å². The zero-order valence-corrected chi connectivity index (χ0v) is 18.0. The van der Waals surface area contributed by atoms with Crippen molar-refractivity contribution in [3.8, 4) is 0 Å². The van der Waals surface area contributed by atoms with Crippen LogP contribution in [0.1, 0.15) is 50.8 Å². The number of pyridine rings is 1. The molecular weight excluding hydrogens is 394 g/mol. The normalized spacial score (nSPS) is 24.2. The summed E-state index contributed by atoms with van der Waals surface area (Å²) in [7, 11) is 1.67. The number of hydrogen-bond acceptors (Lipinski definition) is 7. The third kappa shape index (κ3) is 4.93. The van der Waals surface area contributed by atoms with E-state index in [0.717, 1.165) is 44.4 Å². The summed E-state index contributed by atoms with van der Waals surface area (Å²) in [4.78, 5) is 21.7. The molecule has 1 aromatic rings. The maximum absolute atomic E-state index is 12.6. The number of nitrogens with one attached hydrogen (secondary N) is 3. The Hall–Kier alpha value is -3.20. The lowest BCUT2D eigenvalue weighted by molar-refractivity contribution is -0.117. The molecule has 1 aromatic heterocycles. The third-order valence-corrected chi connectivity index (χ3v) is 5.48. The van der Waals surface area contributed by atoms with Crippen LogP contribution in [0.2, 0.25) is 0 Å². The lowest BCUT2D eigenvalue weighted by Gasteiger charge is -2.30. The second kappa shape index (κ2) is 9.30. The fourth-order valence-electron chi connectivity index (χ4n) is 3.58. The van der Waals surface area contributed by atoms with Crippen LogP contribution in [0.4, 0.5) is 5.82 Å². The second-order valence-corrected chi connectivity index (χ2v) is 7.87. The molecule has 2 fully saturated rings. The SMILES string of the molecule is C=NN1C(=NC)C=C(Nc2cccc([C@@H]3CCCCO3)n2)N/C1=C(/C)C(=O)NC1CC1. The standard InChI is InChI=1S/C22H29N7O2/c1-14(22(30)25-15-10-11-15)21-28-19(13-20(23-2)29(21)24-3)27-18-9-6-7-16(26-18)17-8-4-5-12-31-17/h6-7,9,13,15,17,28H,3-5,8,10-12H2,1-2H3,(H,25,30)(H,26,27)/b21-14+,23-20?/t17-/m0/s1. The number of aromatic nitrogens is 1. The number of amidine groups is 1. The number of hydrazone groups is 1. The van der Waals surface area contributed by atoms with E-state index in [0.29, 0.717) is 28.9 Å². The van der Waals surface area contributed by atoms with E-state index < -0.39 is 0 Å². The zero-order chi connectivity index (χ0) is 21.8. The highest BCUT2D eigenvalue weighted by Gasteiger charge is 2.29. The quantitative estimate of drug-likeness (QED) is 0.480. The average Bonchev–Trinajstić information content (AvgIpc) is 3.62. The van der Waals surface area contributed by atoms with Crippen molar-refractivity contribution in [1.29, 1.82) is 0 Å². The van der Waals surface area contributed by atoms with Gasteiger partial charge in [-0.1, -0.05) is 6.07 Å². The number of rotatable bonds is 6. The van der Waals surface area contributed by atoms with Crippen molar-refractivity contribution in [2.24, 2.45) is 10.1 Å². The molecule has 1 aliphatic carbocycles. The predicted molar refractivity (Wildman–Crippen MR) is 120 cm³/mol. The second-order valence-electron chi connectivity index (χ2n) is 7.87. The molecule has 31 heavy (non-hydrogen) atoms. The monoisotopic (exact) mass is 423 g/mol. The van der Waals surface area contributed by atoms with Gasteiger partial charge in [0, 0.05) is 32.5 Å². The first-order chi connectivity index (χ1) is 15.1. The maximum Gasteiger partial charge on any atom is 0.250 e. The molecule has 9 nitrogen and oxygen atoms in total. The van der Waals surface area contributed by atoms with E-state index in [4.69, 9.17) is 9.72 Å². The summed E-state index contributed by atoms with van der Waals surface area (Å²) < 4.78 is 5.87. The van der Waals surface area contributed by atoms with E-state index in [1.807, 2.05) is 18.2 Å². The molecule has 9 heteroatoms. The van der Waals surface area contributed by atoms with Crippen molar-refractivity contribution in [2.45, 2.75) is 51.2 Å². The molecule has 3 heterocycles. The Morgan fingerprint density at radius 2 is 2.16 bits per heavy atom. The topological polar surface area (TPSA) is 103 Å². The molecule has 2 aliphatic heterocycles. The van der Waals surface area contributed by atoms with Crippen molar-refractivity contribution < 1.29 is 9.53 Å². The number of amides is 1. The maximum atomic E-state index is 12.6. The third-order valence-electron chi connectivity index (χ3n) is 5.48. The summed E-state index contributed by atoms with van der Waals surface area (Å²) in [5.74, 6) is 2.25. The molecular formula is C22H29N7O2. The molecule has 4 rings (SSSR count). The Kier molecular flexibility index (Phi) is 6.31. The number of hydrogen-bond donors (Lipinski definition) is 3. The van der Waals surface area contributed by atoms with Gasteiger partial charge in [-0.25, -0.2) is 4.98 Å². The van der Waals surface area contributed by atoms with E-state index in [1.54, 1.807) is 20.0 Å². The van der Waals surface area contributed by atoms with Gasteiger partial charge >= 0.3 is 0 Å². The summed E-state index contributed by atoms with van der Waals surface area (Å²) in [5.41, 5.74) is 1.42. The highest BCUT2D eigenvalue weighted by atomic mass is 16.5. The molecule has 1 saturated carbocycles. The van der Waals surface area contributed by atoms with Crippen LogP contribution in [0, 0.1) is 0 Å². The van der Waals surface area contributed by atoms with Gasteiger partial charge < -0.3 is 20.7 Å². The first-order valence-corrected chi connectivity index (χ1v) is 10.7. The Labute approximate surface area is 182 Å². The minimum Gasteiger partial charge on any atom is -0.372 e. The van der Waals surface area contributed by atoms with Gasteiger partial charge in [-0.05, 0) is 51.2 Å². The largest absolute Gasteiger partial charge is 0.372 e. The minimum atomic E-state index is -0.134. The van der Waals surface area contributed by atoms with Crippen LogP contribution in [-0.4, -0.2) is 48.1 Å². The number of nitrogens with zero attached hydrogens (tertiary/aromatic N) is 4. The Bertz CT molecular complexity index is 943.